The van der Waals surface area contributed by atoms with Gasteiger partial charge in [0.15, 0.2) is 0 Å². The number of rotatable bonds is 3. The molecule has 1 aromatic carbocycles. The molecule has 106 valence electrons. The van der Waals surface area contributed by atoms with Crippen molar-refractivity contribution < 1.29 is 0 Å². The van der Waals surface area contributed by atoms with Crippen LogP contribution in [0, 0.1) is 0 Å². The minimum Gasteiger partial charge on any atom is -0.384 e. The minimum absolute atomic E-state index is 0.222. The Morgan fingerprint density at radius 1 is 1.10 bits per heavy atom. The van der Waals surface area contributed by atoms with E-state index in [4.69, 9.17) is 5.73 Å². The molecule has 2 aromatic heterocycles. The van der Waals surface area contributed by atoms with Gasteiger partial charge in [-0.25, -0.2) is 9.97 Å². The standard InChI is InChI=1S/C16H17N5/c1-10(2)16-20-13(17)9-14(21-16)19-12-7-3-5-11-6-4-8-18-15(11)12/h3-10H,1-2H3,(H3,17,19,20,21). The first-order chi connectivity index (χ1) is 10.1. The highest BCUT2D eigenvalue weighted by atomic mass is 15.1. The predicted molar refractivity (Wildman–Crippen MR) is 85.6 cm³/mol. The molecule has 0 aliphatic rings. The second-order valence-electron chi connectivity index (χ2n) is 5.20. The zero-order chi connectivity index (χ0) is 14.8. The van der Waals surface area contributed by atoms with Gasteiger partial charge in [0.25, 0.3) is 0 Å². The Morgan fingerprint density at radius 2 is 1.90 bits per heavy atom. The number of aromatic nitrogens is 3. The largest absolute Gasteiger partial charge is 0.384 e. The van der Waals surface area contributed by atoms with Crippen LogP contribution in [0.1, 0.15) is 25.6 Å². The number of fused-ring (bicyclic) bond motifs is 1. The summed E-state index contributed by atoms with van der Waals surface area (Å²) in [4.78, 5) is 13.2. The number of nitrogens with two attached hydrogens (primary N) is 1. The first kappa shape index (κ1) is 13.3. The third kappa shape index (κ3) is 2.76. The molecule has 0 aliphatic carbocycles. The highest BCUT2D eigenvalue weighted by Crippen LogP contribution is 2.25. The molecule has 0 saturated heterocycles. The number of hydrogen-bond donors (Lipinski definition) is 2. The maximum absolute atomic E-state index is 5.86. The lowest BCUT2D eigenvalue weighted by atomic mass is 10.2. The van der Waals surface area contributed by atoms with Crippen molar-refractivity contribution in [1.82, 2.24) is 15.0 Å². The van der Waals surface area contributed by atoms with Crippen LogP contribution in [0.2, 0.25) is 0 Å². The first-order valence-corrected chi connectivity index (χ1v) is 6.88. The van der Waals surface area contributed by atoms with Gasteiger partial charge in [-0.1, -0.05) is 32.0 Å². The van der Waals surface area contributed by atoms with E-state index in [0.717, 1.165) is 22.4 Å². The lowest BCUT2D eigenvalue weighted by molar-refractivity contribution is 0.779. The Bertz CT molecular complexity index is 777. The van der Waals surface area contributed by atoms with Crippen LogP contribution in [0.3, 0.4) is 0 Å². The van der Waals surface area contributed by atoms with Crippen molar-refractivity contribution in [3.05, 3.63) is 48.4 Å². The van der Waals surface area contributed by atoms with E-state index < -0.39 is 0 Å². The molecule has 0 radical (unpaired) electrons. The first-order valence-electron chi connectivity index (χ1n) is 6.88. The van der Waals surface area contributed by atoms with E-state index >= 15 is 0 Å². The minimum atomic E-state index is 0.222. The molecule has 3 rings (SSSR count). The fraction of sp³-hybridized carbons (Fsp3) is 0.188. The fourth-order valence-electron chi connectivity index (χ4n) is 2.15. The molecule has 0 bridgehead atoms. The summed E-state index contributed by atoms with van der Waals surface area (Å²) in [6.45, 7) is 4.08. The van der Waals surface area contributed by atoms with Crippen molar-refractivity contribution in [3.8, 4) is 0 Å². The molecule has 2 heterocycles. The van der Waals surface area contributed by atoms with Crippen LogP contribution in [-0.4, -0.2) is 15.0 Å². The number of para-hydroxylation sites is 1. The highest BCUT2D eigenvalue weighted by Gasteiger charge is 2.08. The van der Waals surface area contributed by atoms with Crippen LogP contribution in [0.4, 0.5) is 17.3 Å². The number of nitrogens with one attached hydrogen (secondary N) is 1. The molecular formula is C16H17N5. The van der Waals surface area contributed by atoms with Gasteiger partial charge in [-0.05, 0) is 12.1 Å². The third-order valence-electron chi connectivity index (χ3n) is 3.18. The van der Waals surface area contributed by atoms with Gasteiger partial charge in [-0.2, -0.15) is 0 Å². The molecule has 0 spiro atoms. The van der Waals surface area contributed by atoms with Crippen LogP contribution >= 0.6 is 0 Å². The van der Waals surface area contributed by atoms with E-state index in [9.17, 15) is 0 Å². The predicted octanol–water partition coefficient (Wildman–Crippen LogP) is 3.47. The van der Waals surface area contributed by atoms with Crippen molar-refractivity contribution in [2.45, 2.75) is 19.8 Å². The monoisotopic (exact) mass is 279 g/mol. The van der Waals surface area contributed by atoms with Crippen LogP contribution in [-0.2, 0) is 0 Å². The maximum atomic E-state index is 5.86. The quantitative estimate of drug-likeness (QED) is 0.767. The van der Waals surface area contributed by atoms with E-state index in [1.54, 1.807) is 12.3 Å². The molecule has 0 atom stereocenters. The Hall–Kier alpha value is -2.69. The van der Waals surface area contributed by atoms with Gasteiger partial charge in [-0.3, -0.25) is 4.98 Å². The van der Waals surface area contributed by atoms with Gasteiger partial charge < -0.3 is 11.1 Å². The second kappa shape index (κ2) is 5.36. The summed E-state index contributed by atoms with van der Waals surface area (Å²) in [5.41, 5.74) is 7.67. The third-order valence-corrected chi connectivity index (χ3v) is 3.18. The van der Waals surface area contributed by atoms with Gasteiger partial charge in [-0.15, -0.1) is 0 Å². The number of nitrogen functional groups attached to an aromatic ring is 1. The number of pyridine rings is 1. The van der Waals surface area contributed by atoms with Crippen LogP contribution in [0.15, 0.2) is 42.6 Å². The summed E-state index contributed by atoms with van der Waals surface area (Å²) in [6.07, 6.45) is 1.78. The molecule has 21 heavy (non-hydrogen) atoms. The zero-order valence-corrected chi connectivity index (χ0v) is 12.0. The topological polar surface area (TPSA) is 76.7 Å². The summed E-state index contributed by atoms with van der Waals surface area (Å²) < 4.78 is 0. The van der Waals surface area contributed by atoms with Gasteiger partial charge in [0.2, 0.25) is 0 Å². The molecule has 3 aromatic rings. The molecule has 0 unspecified atom stereocenters. The van der Waals surface area contributed by atoms with Gasteiger partial charge >= 0.3 is 0 Å². The molecule has 5 nitrogen and oxygen atoms in total. The normalized spacial score (nSPS) is 11.0. The van der Waals surface area contributed by atoms with Crippen molar-refractivity contribution >= 4 is 28.2 Å². The van der Waals surface area contributed by atoms with E-state index in [0.29, 0.717) is 11.6 Å². The second-order valence-corrected chi connectivity index (χ2v) is 5.20. The number of benzene rings is 1. The van der Waals surface area contributed by atoms with Gasteiger partial charge in [0, 0.05) is 23.6 Å². The Kier molecular flexibility index (Phi) is 3.39. The molecule has 5 heteroatoms. The van der Waals surface area contributed by atoms with Crippen molar-refractivity contribution in [2.75, 3.05) is 11.1 Å². The highest BCUT2D eigenvalue weighted by molar-refractivity contribution is 5.91. The van der Waals surface area contributed by atoms with Crippen LogP contribution in [0.25, 0.3) is 10.9 Å². The molecule has 0 saturated carbocycles. The van der Waals surface area contributed by atoms with E-state index in [1.807, 2.05) is 44.2 Å². The lowest BCUT2D eigenvalue weighted by Crippen LogP contribution is -2.05. The average Bonchev–Trinajstić information content (AvgIpc) is 2.47. The van der Waals surface area contributed by atoms with Crippen molar-refractivity contribution in [2.24, 2.45) is 0 Å². The van der Waals surface area contributed by atoms with Crippen molar-refractivity contribution in [3.63, 3.8) is 0 Å². The van der Waals surface area contributed by atoms with Crippen LogP contribution in [0.5, 0.6) is 0 Å². The van der Waals surface area contributed by atoms with Crippen molar-refractivity contribution in [1.29, 1.82) is 0 Å². The number of nitrogens with zero attached hydrogens (tertiary/aromatic N) is 3. The van der Waals surface area contributed by atoms with Gasteiger partial charge in [0.1, 0.15) is 17.5 Å². The fourth-order valence-corrected chi connectivity index (χ4v) is 2.15. The van der Waals surface area contributed by atoms with Gasteiger partial charge in [0.05, 0.1) is 11.2 Å². The van der Waals surface area contributed by atoms with E-state index in [2.05, 4.69) is 20.3 Å². The Balaban J connectivity index is 2.03. The lowest BCUT2D eigenvalue weighted by Gasteiger charge is -2.11. The molecular weight excluding hydrogens is 262 g/mol. The number of anilines is 3. The Morgan fingerprint density at radius 3 is 2.71 bits per heavy atom. The average molecular weight is 279 g/mol. The SMILES string of the molecule is CC(C)c1nc(N)cc(Nc2cccc3cccnc23)n1. The summed E-state index contributed by atoms with van der Waals surface area (Å²) in [5.74, 6) is 2.10. The molecule has 3 N–H and O–H groups in total. The summed E-state index contributed by atoms with van der Waals surface area (Å²) in [7, 11) is 0. The molecule has 0 aliphatic heterocycles. The molecule has 0 fully saturated rings. The number of hydrogen-bond acceptors (Lipinski definition) is 5. The van der Waals surface area contributed by atoms with Crippen LogP contribution < -0.4 is 11.1 Å². The molecule has 0 amide bonds. The van der Waals surface area contributed by atoms with E-state index in [1.165, 1.54) is 0 Å². The maximum Gasteiger partial charge on any atom is 0.136 e. The summed E-state index contributed by atoms with van der Waals surface area (Å²) in [6, 6.07) is 11.7. The Labute approximate surface area is 123 Å². The smallest absolute Gasteiger partial charge is 0.136 e. The van der Waals surface area contributed by atoms with E-state index in [-0.39, 0.29) is 5.92 Å². The zero-order valence-electron chi connectivity index (χ0n) is 12.0. The summed E-state index contributed by atoms with van der Waals surface area (Å²) >= 11 is 0. The summed E-state index contributed by atoms with van der Waals surface area (Å²) in [5, 5.41) is 4.37.